The van der Waals surface area contributed by atoms with E-state index in [0.717, 1.165) is 5.69 Å². The predicted molar refractivity (Wildman–Crippen MR) is 83.9 cm³/mol. The fourth-order valence-corrected chi connectivity index (χ4v) is 2.55. The normalized spacial score (nSPS) is 10.7. The van der Waals surface area contributed by atoms with Crippen molar-refractivity contribution in [1.29, 1.82) is 0 Å². The molecule has 23 heavy (non-hydrogen) atoms. The van der Waals surface area contributed by atoms with Crippen LogP contribution in [0.25, 0.3) is 5.69 Å². The van der Waals surface area contributed by atoms with E-state index in [0.29, 0.717) is 23.8 Å². The third-order valence-electron chi connectivity index (χ3n) is 2.90. The Morgan fingerprint density at radius 1 is 1.39 bits per heavy atom. The van der Waals surface area contributed by atoms with Crippen molar-refractivity contribution in [2.24, 2.45) is 0 Å². The number of amides is 1. The molecule has 0 aliphatic heterocycles. The fourth-order valence-electron chi connectivity index (χ4n) is 1.84. The van der Waals surface area contributed by atoms with E-state index >= 15 is 0 Å². The van der Waals surface area contributed by atoms with Crippen LogP contribution in [0, 0.1) is 6.92 Å². The molecule has 0 aliphatic rings. The van der Waals surface area contributed by atoms with Crippen LogP contribution in [0.1, 0.15) is 12.2 Å². The third-order valence-corrected chi connectivity index (χ3v) is 3.72. The van der Waals surface area contributed by atoms with Gasteiger partial charge in [-0.1, -0.05) is 23.4 Å². The van der Waals surface area contributed by atoms with E-state index in [1.165, 1.54) is 11.9 Å². The van der Waals surface area contributed by atoms with Crippen molar-refractivity contribution in [2.45, 2.75) is 13.3 Å². The van der Waals surface area contributed by atoms with Crippen LogP contribution in [0.2, 0.25) is 0 Å². The zero-order valence-electron chi connectivity index (χ0n) is 12.4. The first kappa shape index (κ1) is 15.2. The topological polar surface area (TPSA) is 89.7 Å². The van der Waals surface area contributed by atoms with Gasteiger partial charge in [-0.2, -0.15) is 0 Å². The lowest BCUT2D eigenvalue weighted by Crippen LogP contribution is -2.31. The lowest BCUT2D eigenvalue weighted by molar-refractivity contribution is -0.660. The predicted octanol–water partition coefficient (Wildman–Crippen LogP) is 1.38. The summed E-state index contributed by atoms with van der Waals surface area (Å²) in [4.78, 5) is 11.8. The van der Waals surface area contributed by atoms with Gasteiger partial charge in [-0.05, 0) is 23.1 Å². The van der Waals surface area contributed by atoms with E-state index in [1.54, 1.807) is 28.1 Å². The van der Waals surface area contributed by atoms with Gasteiger partial charge in [-0.25, -0.2) is 0 Å². The molecule has 1 N–H and O–H groups in total. The highest BCUT2D eigenvalue weighted by Crippen LogP contribution is 2.09. The van der Waals surface area contributed by atoms with Crippen molar-refractivity contribution in [3.05, 3.63) is 48.5 Å². The second-order valence-electron chi connectivity index (χ2n) is 4.73. The number of anilines is 1. The summed E-state index contributed by atoms with van der Waals surface area (Å²) in [6, 6.07) is 11.4. The fraction of sp³-hybridized carbons (Fsp3) is 0.214. The van der Waals surface area contributed by atoms with Gasteiger partial charge in [-0.15, -0.1) is 4.68 Å². The Kier molecular flexibility index (Phi) is 4.67. The minimum Gasteiger partial charge on any atom is -0.360 e. The first-order valence-corrected chi connectivity index (χ1v) is 7.91. The molecule has 0 fully saturated rings. The third kappa shape index (κ3) is 4.16. The molecule has 1 aromatic carbocycles. The highest BCUT2D eigenvalue weighted by molar-refractivity contribution is 7.97. The molecule has 118 valence electrons. The smallest absolute Gasteiger partial charge is 0.263 e. The maximum atomic E-state index is 11.8. The number of aromatic nitrogens is 5. The highest BCUT2D eigenvalue weighted by atomic mass is 32.2. The molecular weight excluding hydrogens is 316 g/mol. The van der Waals surface area contributed by atoms with Crippen LogP contribution in [-0.2, 0) is 4.79 Å². The van der Waals surface area contributed by atoms with Gasteiger partial charge in [0.25, 0.3) is 6.33 Å². The Morgan fingerprint density at radius 3 is 2.96 bits per heavy atom. The van der Waals surface area contributed by atoms with Crippen molar-refractivity contribution >= 4 is 23.7 Å². The monoisotopic (exact) mass is 331 g/mol. The van der Waals surface area contributed by atoms with Gasteiger partial charge in [0.05, 0.1) is 11.9 Å². The van der Waals surface area contributed by atoms with Crippen LogP contribution in [0.5, 0.6) is 0 Å². The van der Waals surface area contributed by atoms with Crippen LogP contribution in [0.3, 0.4) is 0 Å². The maximum Gasteiger partial charge on any atom is 0.263 e. The quantitative estimate of drug-likeness (QED) is 0.686. The van der Waals surface area contributed by atoms with Crippen molar-refractivity contribution in [3.8, 4) is 5.69 Å². The number of carbonyl (C=O) groups is 1. The Bertz CT molecular complexity index is 785. The maximum absolute atomic E-state index is 11.8. The SMILES string of the molecule is Cc1cc(NC(=O)CCSn2c[n+](-c3ccccc3)nn2)no1. The Hall–Kier alpha value is -2.68. The lowest BCUT2D eigenvalue weighted by Gasteiger charge is -1.98. The molecule has 8 nitrogen and oxygen atoms in total. The second kappa shape index (κ2) is 7.05. The zero-order chi connectivity index (χ0) is 16.1. The molecule has 0 aliphatic carbocycles. The first-order valence-electron chi connectivity index (χ1n) is 6.97. The summed E-state index contributed by atoms with van der Waals surface area (Å²) in [5, 5.41) is 14.4. The number of aryl methyl sites for hydroxylation is 1. The number of carbonyl (C=O) groups excluding carboxylic acids is 1. The Balaban J connectivity index is 1.47. The molecule has 0 bridgehead atoms. The van der Waals surface area contributed by atoms with Gasteiger partial charge in [0.2, 0.25) is 5.91 Å². The molecule has 0 spiro atoms. The van der Waals surface area contributed by atoms with Crippen LogP contribution in [-0.4, -0.2) is 31.3 Å². The summed E-state index contributed by atoms with van der Waals surface area (Å²) in [6.45, 7) is 1.77. The molecule has 0 atom stereocenters. The summed E-state index contributed by atoms with van der Waals surface area (Å²) < 4.78 is 8.19. The van der Waals surface area contributed by atoms with Crippen LogP contribution < -0.4 is 10.00 Å². The molecule has 0 saturated carbocycles. The molecule has 0 saturated heterocycles. The number of hydrogen-bond acceptors (Lipinski definition) is 6. The largest absolute Gasteiger partial charge is 0.360 e. The van der Waals surface area contributed by atoms with E-state index < -0.39 is 0 Å². The number of tetrazole rings is 1. The number of nitrogens with one attached hydrogen (secondary N) is 1. The van der Waals surface area contributed by atoms with Crippen molar-refractivity contribution < 1.29 is 14.0 Å². The summed E-state index contributed by atoms with van der Waals surface area (Å²) in [6.07, 6.45) is 2.10. The molecule has 3 aromatic rings. The molecule has 0 unspecified atom stereocenters. The van der Waals surface area contributed by atoms with Crippen molar-refractivity contribution in [1.82, 2.24) is 19.7 Å². The van der Waals surface area contributed by atoms with Gasteiger partial charge >= 0.3 is 0 Å². The van der Waals surface area contributed by atoms with Crippen molar-refractivity contribution in [3.63, 3.8) is 0 Å². The molecule has 0 radical (unpaired) electrons. The van der Waals surface area contributed by atoms with E-state index in [9.17, 15) is 4.79 Å². The summed E-state index contributed by atoms with van der Waals surface area (Å²) in [7, 11) is 0. The van der Waals surface area contributed by atoms with Crippen LogP contribution in [0.15, 0.2) is 47.2 Å². The van der Waals surface area contributed by atoms with E-state index in [4.69, 9.17) is 4.52 Å². The van der Waals surface area contributed by atoms with E-state index in [-0.39, 0.29) is 5.91 Å². The minimum absolute atomic E-state index is 0.123. The number of nitrogens with zero attached hydrogens (tertiary/aromatic N) is 5. The standard InChI is InChI=1S/C14H14N6O2S/c1-11-9-13(16-22-11)15-14(21)7-8-23-20-10-19(17-18-20)12-5-3-2-4-6-12/h2-6,9-10H,7-8H2,1H3/p+1. The Labute approximate surface area is 136 Å². The zero-order valence-corrected chi connectivity index (χ0v) is 13.2. The summed E-state index contributed by atoms with van der Waals surface area (Å²) in [5.74, 6) is 1.53. The molecule has 3 rings (SSSR count). The van der Waals surface area contributed by atoms with Gasteiger partial charge in [0, 0.05) is 18.2 Å². The molecule has 1 amide bonds. The van der Waals surface area contributed by atoms with E-state index in [2.05, 4.69) is 20.9 Å². The minimum atomic E-state index is -0.123. The van der Waals surface area contributed by atoms with Gasteiger partial charge in [0.15, 0.2) is 11.0 Å². The van der Waals surface area contributed by atoms with E-state index in [1.807, 2.05) is 30.3 Å². The molecule has 2 aromatic heterocycles. The van der Waals surface area contributed by atoms with Crippen molar-refractivity contribution in [2.75, 3.05) is 11.1 Å². The highest BCUT2D eigenvalue weighted by Gasteiger charge is 2.12. The average Bonchev–Trinajstić information content (AvgIpc) is 3.17. The van der Waals surface area contributed by atoms with Crippen LogP contribution >= 0.6 is 11.9 Å². The van der Waals surface area contributed by atoms with Gasteiger partial charge in [-0.3, -0.25) is 4.79 Å². The Morgan fingerprint density at radius 2 is 2.22 bits per heavy atom. The molecule has 9 heteroatoms. The lowest BCUT2D eigenvalue weighted by atomic mass is 10.3. The van der Waals surface area contributed by atoms with Gasteiger partial charge < -0.3 is 9.84 Å². The number of benzene rings is 1. The summed E-state index contributed by atoms with van der Waals surface area (Å²) >= 11 is 1.40. The first-order chi connectivity index (χ1) is 11.2. The van der Waals surface area contributed by atoms with Crippen LogP contribution in [0.4, 0.5) is 5.82 Å². The second-order valence-corrected chi connectivity index (χ2v) is 5.77. The molecule has 2 heterocycles. The summed E-state index contributed by atoms with van der Waals surface area (Å²) in [5.41, 5.74) is 0.929. The van der Waals surface area contributed by atoms with Gasteiger partial charge in [0.1, 0.15) is 16.7 Å². The number of rotatable bonds is 6. The molecular formula is C14H15N6O2S+. The number of para-hydroxylation sites is 1. The average molecular weight is 331 g/mol. The number of hydrogen-bond donors (Lipinski definition) is 1.